The molecule has 1 unspecified atom stereocenters. The predicted molar refractivity (Wildman–Crippen MR) is 207 cm³/mol. The molecule has 0 bridgehead atoms. The van der Waals surface area contributed by atoms with Gasteiger partial charge in [0, 0.05) is 100 Å². The second kappa shape index (κ2) is 16.4. The molecule has 4 aliphatic rings. The molecule has 3 fully saturated rings. The molecule has 3 aliphatic heterocycles. The Morgan fingerprint density at radius 3 is 2.41 bits per heavy atom. The van der Waals surface area contributed by atoms with Crippen molar-refractivity contribution in [2.75, 3.05) is 50.5 Å². The molecule has 4 aromatic rings. The first-order valence-electron chi connectivity index (χ1n) is 19.3. The first kappa shape index (κ1) is 37.0. The van der Waals surface area contributed by atoms with Crippen LogP contribution in [0.4, 0.5) is 11.5 Å². The predicted octanol–water partition coefficient (Wildman–Crippen LogP) is 4.51. The number of imide groups is 1. The Labute approximate surface area is 316 Å². The molecule has 2 aromatic carbocycles. The van der Waals surface area contributed by atoms with Crippen LogP contribution in [-0.4, -0.2) is 105 Å². The van der Waals surface area contributed by atoms with Crippen LogP contribution in [0.15, 0.2) is 60.8 Å². The van der Waals surface area contributed by atoms with E-state index in [4.69, 9.17) is 0 Å². The molecular formula is C41H51N9O4. The van der Waals surface area contributed by atoms with Crippen molar-refractivity contribution in [2.24, 2.45) is 0 Å². The molecular weight excluding hydrogens is 683 g/mol. The number of likely N-dealkylation sites (tertiary alicyclic amines) is 1. The zero-order chi connectivity index (χ0) is 37.8. The lowest BCUT2D eigenvalue weighted by atomic mass is 10.0. The van der Waals surface area contributed by atoms with E-state index in [-0.39, 0.29) is 30.0 Å². The molecule has 4 amide bonds. The second-order valence-electron chi connectivity index (χ2n) is 14.8. The third-order valence-corrected chi connectivity index (χ3v) is 11.1. The normalized spacial score (nSPS) is 19.3. The fourth-order valence-electron chi connectivity index (χ4n) is 8.02. The number of hydrogen-bond donors (Lipinski definition) is 2. The van der Waals surface area contributed by atoms with Gasteiger partial charge in [-0.2, -0.15) is 9.61 Å². The average molecular weight is 734 g/mol. The first-order chi connectivity index (χ1) is 26.2. The van der Waals surface area contributed by atoms with Crippen LogP contribution in [0.3, 0.4) is 0 Å². The smallest absolute Gasteiger partial charge is 0.255 e. The molecule has 54 heavy (non-hydrogen) atoms. The van der Waals surface area contributed by atoms with Crippen molar-refractivity contribution in [3.8, 4) is 0 Å². The lowest BCUT2D eigenvalue weighted by molar-refractivity contribution is -0.150. The third kappa shape index (κ3) is 7.96. The van der Waals surface area contributed by atoms with Gasteiger partial charge in [-0.15, -0.1) is 0 Å². The summed E-state index contributed by atoms with van der Waals surface area (Å²) in [6.45, 7) is 6.99. The number of likely N-dealkylation sites (N-methyl/N-ethyl adjacent to an activating group) is 1. The fourth-order valence-corrected chi connectivity index (χ4v) is 8.02. The highest BCUT2D eigenvalue weighted by molar-refractivity contribution is 6.05. The number of hydrogen-bond acceptors (Lipinski definition) is 9. The van der Waals surface area contributed by atoms with Crippen LogP contribution >= 0.6 is 0 Å². The monoisotopic (exact) mass is 733 g/mol. The Bertz CT molecular complexity index is 2000. The van der Waals surface area contributed by atoms with E-state index in [9.17, 15) is 19.2 Å². The highest BCUT2D eigenvalue weighted by Crippen LogP contribution is 2.32. The Morgan fingerprint density at radius 2 is 1.69 bits per heavy atom. The van der Waals surface area contributed by atoms with Gasteiger partial charge in [0.25, 0.3) is 17.7 Å². The highest BCUT2D eigenvalue weighted by atomic mass is 16.2. The molecule has 8 rings (SSSR count). The molecule has 1 atom stereocenters. The van der Waals surface area contributed by atoms with Crippen molar-refractivity contribution in [2.45, 2.75) is 83.5 Å². The standard InChI is InChI=1S/C27H31N5O4.C14H20N4/c1-28-25(34)19-5-3-18(4-6-19)16-30-11-13-31(14-12-30)21-7-8-22-20(15-21)17-32(26(22)35)23-9-10-24(33)29(2)27(23)36;1-2-5-12-10-14(16-11-6-3-4-7-11)18-13(17-12)8-9-15-18/h3-8,15,23H,9-14,16-17H2,1-2H3,(H,28,34);8-11,16H,2-7H2,1H3. The van der Waals surface area contributed by atoms with E-state index in [0.29, 0.717) is 30.1 Å². The van der Waals surface area contributed by atoms with Gasteiger partial charge in [0.15, 0.2) is 5.65 Å². The number of aromatic nitrogens is 3. The number of amides is 4. The minimum atomic E-state index is -0.579. The van der Waals surface area contributed by atoms with Crippen molar-refractivity contribution in [3.05, 3.63) is 88.7 Å². The molecule has 13 heteroatoms. The van der Waals surface area contributed by atoms with Crippen LogP contribution in [0.5, 0.6) is 0 Å². The Kier molecular flexibility index (Phi) is 11.2. The van der Waals surface area contributed by atoms with E-state index >= 15 is 0 Å². The molecule has 2 N–H and O–H groups in total. The third-order valence-electron chi connectivity index (χ3n) is 11.1. The van der Waals surface area contributed by atoms with E-state index in [0.717, 1.165) is 78.9 Å². The topological polar surface area (TPSA) is 135 Å². The number of rotatable bonds is 9. The number of carbonyl (C=O) groups is 4. The van der Waals surface area contributed by atoms with Crippen LogP contribution in [0.1, 0.15) is 89.4 Å². The molecule has 5 heterocycles. The first-order valence-corrected chi connectivity index (χ1v) is 19.3. The summed E-state index contributed by atoms with van der Waals surface area (Å²) >= 11 is 0. The molecule has 2 aromatic heterocycles. The van der Waals surface area contributed by atoms with Gasteiger partial charge in [0.05, 0.1) is 6.20 Å². The summed E-state index contributed by atoms with van der Waals surface area (Å²) in [5, 5.41) is 10.6. The van der Waals surface area contributed by atoms with Crippen molar-refractivity contribution < 1.29 is 19.2 Å². The van der Waals surface area contributed by atoms with Gasteiger partial charge in [-0.3, -0.25) is 29.0 Å². The lowest BCUT2D eigenvalue weighted by Gasteiger charge is -2.36. The summed E-state index contributed by atoms with van der Waals surface area (Å²) in [6, 6.07) is 17.8. The number of nitrogens with one attached hydrogen (secondary N) is 2. The maximum Gasteiger partial charge on any atom is 0.255 e. The second-order valence-corrected chi connectivity index (χ2v) is 14.8. The van der Waals surface area contributed by atoms with Crippen molar-refractivity contribution in [1.29, 1.82) is 0 Å². The molecule has 2 saturated heterocycles. The zero-order valence-electron chi connectivity index (χ0n) is 31.6. The minimum Gasteiger partial charge on any atom is -0.369 e. The molecule has 1 saturated carbocycles. The van der Waals surface area contributed by atoms with Crippen molar-refractivity contribution in [1.82, 2.24) is 34.6 Å². The Hall–Kier alpha value is -5.30. The van der Waals surface area contributed by atoms with Crippen LogP contribution in [0.2, 0.25) is 0 Å². The van der Waals surface area contributed by atoms with Gasteiger partial charge < -0.3 is 20.4 Å². The van der Waals surface area contributed by atoms with E-state index in [1.165, 1.54) is 38.3 Å². The number of fused-ring (bicyclic) bond motifs is 2. The van der Waals surface area contributed by atoms with Gasteiger partial charge in [-0.05, 0) is 67.1 Å². The number of benzene rings is 2. The van der Waals surface area contributed by atoms with Crippen molar-refractivity contribution in [3.63, 3.8) is 0 Å². The number of piperazine rings is 1. The summed E-state index contributed by atoms with van der Waals surface area (Å²) in [4.78, 5) is 61.4. The molecule has 284 valence electrons. The zero-order valence-corrected chi connectivity index (χ0v) is 31.6. The molecule has 1 aliphatic carbocycles. The average Bonchev–Trinajstić information content (AvgIpc) is 3.96. The molecule has 13 nitrogen and oxygen atoms in total. The van der Waals surface area contributed by atoms with Gasteiger partial charge in [-0.1, -0.05) is 38.3 Å². The summed E-state index contributed by atoms with van der Waals surface area (Å²) < 4.78 is 1.91. The van der Waals surface area contributed by atoms with Gasteiger partial charge in [0.2, 0.25) is 5.91 Å². The number of aryl methyl sites for hydroxylation is 1. The SMILES string of the molecule is CCCc1cc(NC2CCCC2)n2nccc2n1.CNC(=O)c1ccc(CN2CCN(c3ccc4c(c3)CN(C3CCC(=O)N(C)C3=O)C4=O)CC2)cc1. The van der Waals surface area contributed by atoms with Crippen LogP contribution in [-0.2, 0) is 29.1 Å². The maximum absolute atomic E-state index is 13.0. The van der Waals surface area contributed by atoms with Crippen LogP contribution < -0.4 is 15.5 Å². The Morgan fingerprint density at radius 1 is 0.926 bits per heavy atom. The highest BCUT2D eigenvalue weighted by Gasteiger charge is 2.41. The lowest BCUT2D eigenvalue weighted by Crippen LogP contribution is -2.53. The molecule has 0 spiro atoms. The summed E-state index contributed by atoms with van der Waals surface area (Å²) in [6.07, 6.45) is 9.85. The van der Waals surface area contributed by atoms with E-state index in [2.05, 4.69) is 49.6 Å². The van der Waals surface area contributed by atoms with E-state index in [1.807, 2.05) is 53.2 Å². The van der Waals surface area contributed by atoms with Crippen LogP contribution in [0, 0.1) is 0 Å². The summed E-state index contributed by atoms with van der Waals surface area (Å²) in [7, 11) is 3.12. The minimum absolute atomic E-state index is 0.0814. The number of nitrogens with zero attached hydrogens (tertiary/aromatic N) is 7. The largest absolute Gasteiger partial charge is 0.369 e. The van der Waals surface area contributed by atoms with Crippen molar-refractivity contribution >= 4 is 40.8 Å². The summed E-state index contributed by atoms with van der Waals surface area (Å²) in [5.74, 6) is 0.391. The number of carbonyl (C=O) groups excluding carboxylic acids is 4. The summed E-state index contributed by atoms with van der Waals surface area (Å²) in [5.41, 5.74) is 6.60. The van der Waals surface area contributed by atoms with Gasteiger partial charge >= 0.3 is 0 Å². The number of piperidine rings is 1. The van der Waals surface area contributed by atoms with Gasteiger partial charge in [-0.25, -0.2) is 4.98 Å². The van der Waals surface area contributed by atoms with Gasteiger partial charge in [0.1, 0.15) is 11.9 Å². The van der Waals surface area contributed by atoms with Crippen LogP contribution in [0.25, 0.3) is 5.65 Å². The molecule has 0 radical (unpaired) electrons. The van der Waals surface area contributed by atoms with E-state index < -0.39 is 6.04 Å². The fraction of sp³-hybridized carbons (Fsp3) is 0.463. The quantitative estimate of drug-likeness (QED) is 0.239. The number of anilines is 2. The Balaban J connectivity index is 0.000000208. The van der Waals surface area contributed by atoms with E-state index in [1.54, 1.807) is 11.9 Å². The maximum atomic E-state index is 13.0.